The monoisotopic (exact) mass is 682 g/mol. The molecule has 172 valence electrons. The summed E-state index contributed by atoms with van der Waals surface area (Å²) in [5, 5.41) is 64.7. The van der Waals surface area contributed by atoms with Crippen LogP contribution in [-0.2, 0) is 0 Å². The van der Waals surface area contributed by atoms with E-state index in [1.54, 1.807) is 48.5 Å². The molecule has 0 aliphatic heterocycles. The number of benzene rings is 3. The van der Waals surface area contributed by atoms with E-state index in [-0.39, 0.29) is 32.0 Å². The molecule has 2 aromatic heterocycles. The SMILES string of the molecule is OC=c1c2c(O)n(-c3ccc(I)cc3)c(O)c2c(=CO)c2c(O)n(-c3ccc(I)cc3)c(O)c12. The van der Waals surface area contributed by atoms with E-state index in [1.165, 1.54) is 0 Å². The van der Waals surface area contributed by atoms with Gasteiger partial charge in [0, 0.05) is 17.6 Å². The fourth-order valence-corrected chi connectivity index (χ4v) is 5.01. The van der Waals surface area contributed by atoms with Gasteiger partial charge >= 0.3 is 0 Å². The fraction of sp³-hybridized carbons (Fsp3) is 0. The van der Waals surface area contributed by atoms with Crippen LogP contribution in [0.25, 0.3) is 45.4 Å². The van der Waals surface area contributed by atoms with Crippen LogP contribution in [0.5, 0.6) is 23.5 Å². The number of aliphatic hydroxyl groups is 2. The highest BCUT2D eigenvalue weighted by Crippen LogP contribution is 2.41. The normalized spacial score (nSPS) is 11.4. The second kappa shape index (κ2) is 8.20. The first-order chi connectivity index (χ1) is 16.3. The quantitative estimate of drug-likeness (QED) is 0.155. The Kier molecular flexibility index (Phi) is 5.43. The zero-order chi connectivity index (χ0) is 24.3. The third kappa shape index (κ3) is 3.08. The Bertz CT molecular complexity index is 1520. The average Bonchev–Trinajstić information content (AvgIpc) is 3.24. The molecule has 0 bridgehead atoms. The van der Waals surface area contributed by atoms with Crippen LogP contribution >= 0.6 is 45.2 Å². The molecule has 0 aliphatic rings. The lowest BCUT2D eigenvalue weighted by Crippen LogP contribution is -2.12. The standard InChI is InChI=1S/C24H16I2N2O6/c25-11-1-5-13(6-2-11)27-21(31)17-15(9-29)19-20(16(10-30)18(17)22(27)32)24(34)28(23(19)33)14-7-3-12(26)4-8-14/h1-10,29-34H. The maximum absolute atomic E-state index is 11.1. The lowest BCUT2D eigenvalue weighted by molar-refractivity contribution is 0.406. The van der Waals surface area contributed by atoms with Gasteiger partial charge in [-0.25, -0.2) is 0 Å². The number of aliphatic hydroxyl groups excluding tert-OH is 2. The molecule has 0 aliphatic carbocycles. The number of hydrogen-bond donors (Lipinski definition) is 6. The van der Waals surface area contributed by atoms with Gasteiger partial charge in [-0.1, -0.05) is 0 Å². The first-order valence-corrected chi connectivity index (χ1v) is 12.0. The van der Waals surface area contributed by atoms with Gasteiger partial charge in [-0.2, -0.15) is 0 Å². The van der Waals surface area contributed by atoms with E-state index >= 15 is 0 Å². The second-order valence-electron chi connectivity index (χ2n) is 7.50. The van der Waals surface area contributed by atoms with Gasteiger partial charge in [-0.15, -0.1) is 0 Å². The van der Waals surface area contributed by atoms with Crippen LogP contribution in [0.3, 0.4) is 0 Å². The van der Waals surface area contributed by atoms with Crippen LogP contribution in [0.2, 0.25) is 0 Å². The molecule has 0 fully saturated rings. The van der Waals surface area contributed by atoms with Crippen LogP contribution in [0, 0.1) is 7.14 Å². The van der Waals surface area contributed by atoms with E-state index in [0.717, 1.165) is 16.3 Å². The largest absolute Gasteiger partial charge is 0.515 e. The minimum Gasteiger partial charge on any atom is -0.515 e. The molecule has 34 heavy (non-hydrogen) atoms. The Balaban J connectivity index is 2.00. The zero-order valence-corrected chi connectivity index (χ0v) is 21.4. The van der Waals surface area contributed by atoms with Crippen molar-refractivity contribution in [1.82, 2.24) is 9.13 Å². The van der Waals surface area contributed by atoms with Crippen molar-refractivity contribution in [2.24, 2.45) is 0 Å². The molecule has 5 rings (SSSR count). The summed E-state index contributed by atoms with van der Waals surface area (Å²) in [4.78, 5) is 0. The summed E-state index contributed by atoms with van der Waals surface area (Å²) in [7, 11) is 0. The molecule has 6 N–H and O–H groups in total. The summed E-state index contributed by atoms with van der Waals surface area (Å²) in [6.07, 6.45) is 1.36. The molecule has 8 nitrogen and oxygen atoms in total. The predicted molar refractivity (Wildman–Crippen MR) is 146 cm³/mol. The predicted octanol–water partition coefficient (Wildman–Crippen LogP) is 4.20. The molecule has 0 spiro atoms. The van der Waals surface area contributed by atoms with Gasteiger partial charge in [0.1, 0.15) is 0 Å². The lowest BCUT2D eigenvalue weighted by atomic mass is 10.0. The summed E-state index contributed by atoms with van der Waals surface area (Å²) in [5.74, 6) is -1.67. The first-order valence-electron chi connectivity index (χ1n) is 9.85. The number of rotatable bonds is 2. The molecule has 0 radical (unpaired) electrons. The van der Waals surface area contributed by atoms with E-state index in [2.05, 4.69) is 45.2 Å². The number of nitrogens with zero attached hydrogens (tertiary/aromatic N) is 2. The van der Waals surface area contributed by atoms with Crippen molar-refractivity contribution in [3.8, 4) is 34.9 Å². The maximum Gasteiger partial charge on any atom is 0.207 e. The topological polar surface area (TPSA) is 131 Å². The second-order valence-corrected chi connectivity index (χ2v) is 9.99. The van der Waals surface area contributed by atoms with Gasteiger partial charge < -0.3 is 30.6 Å². The molecule has 10 heteroatoms. The smallest absolute Gasteiger partial charge is 0.207 e. The maximum atomic E-state index is 11.1. The Hall–Kier alpha value is -3.26. The van der Waals surface area contributed by atoms with Gasteiger partial charge in [0.05, 0.1) is 45.4 Å². The Morgan fingerprint density at radius 2 is 0.765 bits per heavy atom. The summed E-state index contributed by atoms with van der Waals surface area (Å²) in [6, 6.07) is 13.9. The molecule has 0 unspecified atom stereocenters. The van der Waals surface area contributed by atoms with Crippen LogP contribution in [-0.4, -0.2) is 39.8 Å². The van der Waals surface area contributed by atoms with Crippen molar-refractivity contribution in [3.05, 3.63) is 66.1 Å². The number of hydrogen-bond acceptors (Lipinski definition) is 6. The number of halogens is 2. The molecule has 5 aromatic rings. The van der Waals surface area contributed by atoms with Crippen LogP contribution in [0.1, 0.15) is 0 Å². The van der Waals surface area contributed by atoms with Crippen molar-refractivity contribution in [2.45, 2.75) is 0 Å². The molecule has 0 saturated carbocycles. The average molecular weight is 682 g/mol. The molecular weight excluding hydrogens is 666 g/mol. The minimum absolute atomic E-state index is 0.0126. The van der Waals surface area contributed by atoms with Crippen molar-refractivity contribution in [3.63, 3.8) is 0 Å². The Morgan fingerprint density at radius 3 is 1.00 bits per heavy atom. The highest BCUT2D eigenvalue weighted by atomic mass is 127. The number of aromatic nitrogens is 2. The van der Waals surface area contributed by atoms with Crippen molar-refractivity contribution < 1.29 is 30.6 Å². The minimum atomic E-state index is -0.417. The van der Waals surface area contributed by atoms with Gasteiger partial charge in [0.25, 0.3) is 0 Å². The highest BCUT2D eigenvalue weighted by molar-refractivity contribution is 14.1. The van der Waals surface area contributed by atoms with E-state index < -0.39 is 23.5 Å². The van der Waals surface area contributed by atoms with Crippen LogP contribution in [0.4, 0.5) is 0 Å². The summed E-state index contributed by atoms with van der Waals surface area (Å²) < 4.78 is 4.20. The molecular formula is C24H16I2N2O6. The highest BCUT2D eigenvalue weighted by Gasteiger charge is 2.28. The third-order valence-corrected chi connectivity index (χ3v) is 7.19. The van der Waals surface area contributed by atoms with Crippen molar-refractivity contribution in [2.75, 3.05) is 0 Å². The molecule has 0 amide bonds. The van der Waals surface area contributed by atoms with E-state index in [9.17, 15) is 30.6 Å². The van der Waals surface area contributed by atoms with E-state index in [1.807, 2.05) is 0 Å². The third-order valence-electron chi connectivity index (χ3n) is 5.75. The number of aromatic hydroxyl groups is 4. The van der Waals surface area contributed by atoms with E-state index in [4.69, 9.17) is 0 Å². The van der Waals surface area contributed by atoms with Gasteiger partial charge in [0.15, 0.2) is 0 Å². The summed E-state index contributed by atoms with van der Waals surface area (Å²) in [5.41, 5.74) is 0.864. The first kappa shape index (κ1) is 22.5. The van der Waals surface area contributed by atoms with Gasteiger partial charge in [0.2, 0.25) is 23.5 Å². The van der Waals surface area contributed by atoms with Crippen molar-refractivity contribution >= 4 is 79.3 Å². The molecule has 3 aromatic carbocycles. The molecule has 2 heterocycles. The van der Waals surface area contributed by atoms with Crippen molar-refractivity contribution in [1.29, 1.82) is 0 Å². The lowest BCUT2D eigenvalue weighted by Gasteiger charge is -2.07. The van der Waals surface area contributed by atoms with Crippen LogP contribution in [0.15, 0.2) is 48.5 Å². The fourth-order valence-electron chi connectivity index (χ4n) is 4.29. The zero-order valence-electron chi connectivity index (χ0n) is 17.1. The Labute approximate surface area is 218 Å². The van der Waals surface area contributed by atoms with Crippen LogP contribution < -0.4 is 10.4 Å². The Morgan fingerprint density at radius 1 is 0.500 bits per heavy atom. The number of fused-ring (bicyclic) bond motifs is 2. The molecule has 0 saturated heterocycles. The summed E-state index contributed by atoms with van der Waals surface area (Å²) >= 11 is 4.26. The van der Waals surface area contributed by atoms with Gasteiger partial charge in [-0.05, 0) is 93.7 Å². The van der Waals surface area contributed by atoms with Gasteiger partial charge in [-0.3, -0.25) is 9.13 Å². The summed E-state index contributed by atoms with van der Waals surface area (Å²) in [6.45, 7) is 0. The molecule has 0 atom stereocenters. The van der Waals surface area contributed by atoms with E-state index in [0.29, 0.717) is 23.9 Å².